The Morgan fingerprint density at radius 3 is 1.65 bits per heavy atom. The van der Waals surface area contributed by atoms with Crippen LogP contribution in [0.1, 0.15) is 27.2 Å². The summed E-state index contributed by atoms with van der Waals surface area (Å²) in [5.41, 5.74) is 3.38. The van der Waals surface area contributed by atoms with Crippen LogP contribution >= 0.6 is 0 Å². The van der Waals surface area contributed by atoms with E-state index in [-0.39, 0.29) is 5.97 Å². The molecule has 26 heavy (non-hydrogen) atoms. The van der Waals surface area contributed by atoms with Gasteiger partial charge in [0.05, 0.1) is 5.41 Å². The van der Waals surface area contributed by atoms with Crippen LogP contribution in [0, 0.1) is 5.41 Å². The zero-order chi connectivity index (χ0) is 18.6. The summed E-state index contributed by atoms with van der Waals surface area (Å²) in [7, 11) is 0. The van der Waals surface area contributed by atoms with Crippen LogP contribution in [-0.4, -0.2) is 5.97 Å². The second kappa shape index (κ2) is 7.57. The van der Waals surface area contributed by atoms with Gasteiger partial charge in [-0.25, -0.2) is 0 Å². The molecule has 0 aliphatic rings. The lowest BCUT2D eigenvalue weighted by Crippen LogP contribution is -2.28. The summed E-state index contributed by atoms with van der Waals surface area (Å²) in [5, 5.41) is 0. The van der Waals surface area contributed by atoms with Crippen molar-refractivity contribution in [2.75, 3.05) is 0 Å². The van der Waals surface area contributed by atoms with E-state index < -0.39 is 5.41 Å². The molecule has 0 heterocycles. The van der Waals surface area contributed by atoms with E-state index in [4.69, 9.17) is 4.74 Å². The lowest BCUT2D eigenvalue weighted by molar-refractivity contribution is -0.144. The summed E-state index contributed by atoms with van der Waals surface area (Å²) >= 11 is 0. The monoisotopic (exact) mass is 344 g/mol. The SMILES string of the molecule is CCC(C)(C)C(=O)Oc1c(-c2ccccc2)cccc1-c1ccccc1. The molecule has 0 saturated heterocycles. The number of para-hydroxylation sites is 1. The smallest absolute Gasteiger partial charge is 0.316 e. The van der Waals surface area contributed by atoms with Gasteiger partial charge >= 0.3 is 5.97 Å². The van der Waals surface area contributed by atoms with Crippen molar-refractivity contribution in [2.24, 2.45) is 5.41 Å². The van der Waals surface area contributed by atoms with Crippen LogP contribution in [0.4, 0.5) is 0 Å². The molecule has 0 bridgehead atoms. The minimum atomic E-state index is -0.530. The summed E-state index contributed by atoms with van der Waals surface area (Å²) in [6, 6.07) is 26.1. The molecule has 0 spiro atoms. The topological polar surface area (TPSA) is 26.3 Å². The van der Waals surface area contributed by atoms with Gasteiger partial charge in [0.25, 0.3) is 0 Å². The number of rotatable bonds is 5. The number of hydrogen-bond acceptors (Lipinski definition) is 2. The summed E-state index contributed by atoms with van der Waals surface area (Å²) in [6.07, 6.45) is 0.722. The number of carbonyl (C=O) groups excluding carboxylic acids is 1. The molecule has 2 nitrogen and oxygen atoms in total. The molecule has 0 radical (unpaired) electrons. The van der Waals surface area contributed by atoms with Crippen LogP contribution in [0.2, 0.25) is 0 Å². The van der Waals surface area contributed by atoms with Gasteiger partial charge in [-0.15, -0.1) is 0 Å². The van der Waals surface area contributed by atoms with Gasteiger partial charge in [-0.1, -0.05) is 85.8 Å². The predicted molar refractivity (Wildman–Crippen MR) is 107 cm³/mol. The second-order valence-corrected chi connectivity index (χ2v) is 7.04. The maximum absolute atomic E-state index is 12.8. The van der Waals surface area contributed by atoms with Gasteiger partial charge in [-0.05, 0) is 31.4 Å². The van der Waals surface area contributed by atoms with Crippen molar-refractivity contribution in [3.63, 3.8) is 0 Å². The molecular formula is C24H24O2. The highest BCUT2D eigenvalue weighted by atomic mass is 16.5. The normalized spacial score (nSPS) is 11.2. The fraction of sp³-hybridized carbons (Fsp3) is 0.208. The highest BCUT2D eigenvalue weighted by Crippen LogP contribution is 2.40. The lowest BCUT2D eigenvalue weighted by atomic mass is 9.90. The van der Waals surface area contributed by atoms with E-state index in [9.17, 15) is 4.79 Å². The molecular weight excluding hydrogens is 320 g/mol. The Labute approximate surface area is 155 Å². The number of hydrogen-bond donors (Lipinski definition) is 0. The molecule has 0 amide bonds. The first-order valence-corrected chi connectivity index (χ1v) is 8.99. The standard InChI is InChI=1S/C24H24O2/c1-4-24(2,3)23(25)26-22-20(18-12-7-5-8-13-18)16-11-17-21(22)19-14-9-6-10-15-19/h5-17H,4H2,1-3H3. The van der Waals surface area contributed by atoms with E-state index in [0.717, 1.165) is 28.7 Å². The quantitative estimate of drug-likeness (QED) is 0.397. The van der Waals surface area contributed by atoms with Crippen molar-refractivity contribution in [3.8, 4) is 28.0 Å². The molecule has 3 aromatic carbocycles. The van der Waals surface area contributed by atoms with Gasteiger partial charge in [0.15, 0.2) is 0 Å². The highest BCUT2D eigenvalue weighted by Gasteiger charge is 2.29. The van der Waals surface area contributed by atoms with E-state index >= 15 is 0 Å². The minimum absolute atomic E-state index is 0.208. The summed E-state index contributed by atoms with van der Waals surface area (Å²) < 4.78 is 6.00. The number of ether oxygens (including phenoxy) is 1. The Kier molecular flexibility index (Phi) is 5.22. The largest absolute Gasteiger partial charge is 0.425 e. The molecule has 0 fully saturated rings. The molecule has 0 saturated carbocycles. The van der Waals surface area contributed by atoms with Crippen molar-refractivity contribution in [3.05, 3.63) is 78.9 Å². The van der Waals surface area contributed by atoms with Gasteiger partial charge in [0.1, 0.15) is 5.75 Å². The van der Waals surface area contributed by atoms with Crippen LogP contribution in [0.15, 0.2) is 78.9 Å². The number of carbonyl (C=O) groups is 1. The summed E-state index contributed by atoms with van der Waals surface area (Å²) in [5.74, 6) is 0.414. The Hall–Kier alpha value is -2.87. The third-order valence-corrected chi connectivity index (χ3v) is 4.82. The molecule has 0 N–H and O–H groups in total. The Balaban J connectivity index is 2.16. The van der Waals surface area contributed by atoms with Gasteiger partial charge in [0, 0.05) is 11.1 Å². The maximum atomic E-state index is 12.8. The Bertz CT molecular complexity index is 823. The molecule has 0 aromatic heterocycles. The van der Waals surface area contributed by atoms with Crippen molar-refractivity contribution in [1.29, 1.82) is 0 Å². The van der Waals surface area contributed by atoms with Crippen LogP contribution in [0.25, 0.3) is 22.3 Å². The zero-order valence-corrected chi connectivity index (χ0v) is 15.5. The van der Waals surface area contributed by atoms with E-state index in [1.54, 1.807) is 0 Å². The van der Waals surface area contributed by atoms with Crippen molar-refractivity contribution >= 4 is 5.97 Å². The maximum Gasteiger partial charge on any atom is 0.316 e. The number of benzene rings is 3. The van der Waals surface area contributed by atoms with E-state index in [0.29, 0.717) is 5.75 Å². The third-order valence-electron chi connectivity index (χ3n) is 4.82. The van der Waals surface area contributed by atoms with E-state index in [1.165, 1.54) is 0 Å². The van der Waals surface area contributed by atoms with Crippen LogP contribution in [0.3, 0.4) is 0 Å². The molecule has 2 heteroatoms. The van der Waals surface area contributed by atoms with Crippen LogP contribution in [0.5, 0.6) is 5.75 Å². The molecule has 132 valence electrons. The van der Waals surface area contributed by atoms with E-state index in [2.05, 4.69) is 0 Å². The first-order valence-electron chi connectivity index (χ1n) is 8.99. The van der Waals surface area contributed by atoms with Gasteiger partial charge in [-0.3, -0.25) is 4.79 Å². The molecule has 0 unspecified atom stereocenters. The fourth-order valence-electron chi connectivity index (χ4n) is 2.71. The van der Waals surface area contributed by atoms with Crippen molar-refractivity contribution < 1.29 is 9.53 Å². The van der Waals surface area contributed by atoms with E-state index in [1.807, 2.05) is 99.6 Å². The second-order valence-electron chi connectivity index (χ2n) is 7.04. The predicted octanol–water partition coefficient (Wildman–Crippen LogP) is 6.36. The van der Waals surface area contributed by atoms with Gasteiger partial charge in [-0.2, -0.15) is 0 Å². The molecule has 0 aliphatic carbocycles. The highest BCUT2D eigenvalue weighted by molar-refractivity contribution is 5.88. The number of esters is 1. The lowest BCUT2D eigenvalue weighted by Gasteiger charge is -2.23. The summed E-state index contributed by atoms with van der Waals surface area (Å²) in [6.45, 7) is 5.84. The van der Waals surface area contributed by atoms with Gasteiger partial charge < -0.3 is 4.74 Å². The zero-order valence-electron chi connectivity index (χ0n) is 15.5. The van der Waals surface area contributed by atoms with Crippen molar-refractivity contribution in [1.82, 2.24) is 0 Å². The molecule has 0 aliphatic heterocycles. The Morgan fingerprint density at radius 2 is 1.23 bits per heavy atom. The molecule has 0 atom stereocenters. The third kappa shape index (κ3) is 3.70. The average molecular weight is 344 g/mol. The average Bonchev–Trinajstić information content (AvgIpc) is 2.69. The first-order chi connectivity index (χ1) is 12.5. The molecule has 3 aromatic rings. The molecule has 3 rings (SSSR count). The van der Waals surface area contributed by atoms with Crippen molar-refractivity contribution in [2.45, 2.75) is 27.2 Å². The first kappa shape index (κ1) is 17.9. The minimum Gasteiger partial charge on any atom is -0.425 e. The fourth-order valence-corrected chi connectivity index (χ4v) is 2.71. The van der Waals surface area contributed by atoms with Crippen LogP contribution in [-0.2, 0) is 4.79 Å². The van der Waals surface area contributed by atoms with Gasteiger partial charge in [0.2, 0.25) is 0 Å². The summed E-state index contributed by atoms with van der Waals surface area (Å²) in [4.78, 5) is 12.8. The van der Waals surface area contributed by atoms with Crippen LogP contribution < -0.4 is 4.74 Å². The Morgan fingerprint density at radius 1 is 0.769 bits per heavy atom.